The van der Waals surface area contributed by atoms with Crippen molar-refractivity contribution < 1.29 is 17.9 Å². The Labute approximate surface area is 161 Å². The highest BCUT2D eigenvalue weighted by Crippen LogP contribution is 2.34. The van der Waals surface area contributed by atoms with Crippen LogP contribution in [0.1, 0.15) is 24.8 Å². The first-order valence-electron chi connectivity index (χ1n) is 8.93. The summed E-state index contributed by atoms with van der Waals surface area (Å²) in [6.07, 6.45) is -0.496. The van der Waals surface area contributed by atoms with Crippen LogP contribution in [-0.2, 0) is 10.9 Å². The van der Waals surface area contributed by atoms with E-state index in [2.05, 4.69) is 20.6 Å². The number of guanidine groups is 1. The van der Waals surface area contributed by atoms with E-state index in [-0.39, 0.29) is 17.2 Å². The highest BCUT2D eigenvalue weighted by Gasteiger charge is 2.33. The van der Waals surface area contributed by atoms with Gasteiger partial charge in [-0.1, -0.05) is 11.6 Å². The zero-order valence-electron chi connectivity index (χ0n) is 15.0. The normalized spacial score (nSPS) is 23.7. The van der Waals surface area contributed by atoms with Gasteiger partial charge in [-0.2, -0.15) is 13.2 Å². The molecule has 2 N–H and O–H groups in total. The fraction of sp³-hybridized carbons (Fsp3) is 0.647. The number of aromatic nitrogens is 1. The number of hydrogen-bond acceptors (Lipinski definition) is 4. The number of aliphatic imine (C=N–C) groups is 1. The summed E-state index contributed by atoms with van der Waals surface area (Å²) >= 11 is 6.04. The van der Waals surface area contributed by atoms with Gasteiger partial charge in [-0.05, 0) is 25.3 Å². The highest BCUT2D eigenvalue weighted by molar-refractivity contribution is 6.33. The second-order valence-corrected chi connectivity index (χ2v) is 7.10. The fourth-order valence-electron chi connectivity index (χ4n) is 3.29. The summed E-state index contributed by atoms with van der Waals surface area (Å²) in [5.41, 5.74) is -0.844. The number of hydrogen-bond donors (Lipinski definition) is 2. The monoisotopic (exact) mass is 405 g/mol. The Morgan fingerprint density at radius 1 is 1.44 bits per heavy atom. The molecule has 0 aromatic carbocycles. The summed E-state index contributed by atoms with van der Waals surface area (Å²) in [6.45, 7) is 2.73. The zero-order chi connectivity index (χ0) is 19.4. The van der Waals surface area contributed by atoms with Gasteiger partial charge in [0.25, 0.3) is 0 Å². The van der Waals surface area contributed by atoms with Crippen molar-refractivity contribution in [3.8, 4) is 0 Å². The van der Waals surface area contributed by atoms with Crippen LogP contribution in [0.3, 0.4) is 0 Å². The largest absolute Gasteiger partial charge is 0.417 e. The van der Waals surface area contributed by atoms with Crippen LogP contribution in [-0.4, -0.2) is 56.4 Å². The smallest absolute Gasteiger partial charge is 0.376 e. The lowest BCUT2D eigenvalue weighted by Gasteiger charge is -2.21. The van der Waals surface area contributed by atoms with Crippen LogP contribution in [0.15, 0.2) is 17.3 Å². The molecule has 0 aliphatic carbocycles. The number of rotatable bonds is 4. The minimum Gasteiger partial charge on any atom is -0.376 e. The van der Waals surface area contributed by atoms with E-state index in [0.717, 1.165) is 38.1 Å². The van der Waals surface area contributed by atoms with Crippen LogP contribution >= 0.6 is 11.6 Å². The van der Waals surface area contributed by atoms with Gasteiger partial charge in [0.15, 0.2) is 5.96 Å². The van der Waals surface area contributed by atoms with Crippen LogP contribution in [0.4, 0.5) is 19.0 Å². The van der Waals surface area contributed by atoms with E-state index in [1.54, 1.807) is 7.05 Å². The average molecular weight is 406 g/mol. The van der Waals surface area contributed by atoms with Crippen LogP contribution in [0.25, 0.3) is 0 Å². The van der Waals surface area contributed by atoms with Gasteiger partial charge in [-0.15, -0.1) is 0 Å². The van der Waals surface area contributed by atoms with Gasteiger partial charge in [0, 0.05) is 45.5 Å². The third-order valence-electron chi connectivity index (χ3n) is 4.72. The number of ether oxygens (including phenoxy) is 1. The molecule has 3 heterocycles. The minimum atomic E-state index is -4.45. The molecule has 2 unspecified atom stereocenters. The SMILES string of the molecule is CN=C(NCC1CCCO1)NC1CCN(c2ncc(C(F)(F)F)cc2Cl)C1. The molecule has 3 rings (SSSR count). The molecule has 2 fully saturated rings. The molecule has 0 radical (unpaired) electrons. The topological polar surface area (TPSA) is 61.8 Å². The van der Waals surface area contributed by atoms with Gasteiger partial charge in [0.2, 0.25) is 0 Å². The summed E-state index contributed by atoms with van der Waals surface area (Å²) in [4.78, 5) is 10.0. The van der Waals surface area contributed by atoms with E-state index < -0.39 is 11.7 Å². The van der Waals surface area contributed by atoms with Gasteiger partial charge >= 0.3 is 6.18 Å². The van der Waals surface area contributed by atoms with Crippen molar-refractivity contribution in [3.05, 3.63) is 22.8 Å². The molecule has 10 heteroatoms. The molecule has 6 nitrogen and oxygen atoms in total. The molecule has 2 aliphatic heterocycles. The Balaban J connectivity index is 1.54. The number of nitrogens with one attached hydrogen (secondary N) is 2. The molecular formula is C17H23ClF3N5O. The van der Waals surface area contributed by atoms with Crippen molar-refractivity contribution >= 4 is 23.4 Å². The summed E-state index contributed by atoms with van der Waals surface area (Å²) < 4.78 is 43.8. The van der Waals surface area contributed by atoms with Gasteiger partial charge in [-0.25, -0.2) is 4.98 Å². The first-order chi connectivity index (χ1) is 12.9. The first kappa shape index (κ1) is 20.0. The maximum atomic E-state index is 12.8. The van der Waals surface area contributed by atoms with Crippen LogP contribution in [0.2, 0.25) is 5.02 Å². The summed E-state index contributed by atoms with van der Waals surface area (Å²) in [6, 6.07) is 1.02. The van der Waals surface area contributed by atoms with Crippen LogP contribution in [0, 0.1) is 0 Å². The summed E-state index contributed by atoms with van der Waals surface area (Å²) in [5, 5.41) is 6.60. The predicted molar refractivity (Wildman–Crippen MR) is 98.3 cm³/mol. The molecule has 1 aromatic heterocycles. The lowest BCUT2D eigenvalue weighted by Crippen LogP contribution is -2.46. The second kappa shape index (κ2) is 8.52. The standard InChI is InChI=1S/C17H23ClF3N5O/c1-22-16(24-9-13-3-2-6-27-13)25-12-4-5-26(10-12)15-14(18)7-11(8-23-15)17(19,20)21/h7-8,12-13H,2-6,9-10H2,1H3,(H2,22,24,25). The molecule has 0 saturated carbocycles. The van der Waals surface area contributed by atoms with E-state index >= 15 is 0 Å². The average Bonchev–Trinajstić information content (AvgIpc) is 3.29. The van der Waals surface area contributed by atoms with E-state index in [1.165, 1.54) is 0 Å². The van der Waals surface area contributed by atoms with Crippen LogP contribution < -0.4 is 15.5 Å². The lowest BCUT2D eigenvalue weighted by molar-refractivity contribution is -0.137. The third kappa shape index (κ3) is 5.16. The van der Waals surface area contributed by atoms with Crippen LogP contribution in [0.5, 0.6) is 0 Å². The molecule has 27 heavy (non-hydrogen) atoms. The second-order valence-electron chi connectivity index (χ2n) is 6.69. The maximum Gasteiger partial charge on any atom is 0.417 e. The number of anilines is 1. The summed E-state index contributed by atoms with van der Waals surface area (Å²) in [7, 11) is 1.70. The van der Waals surface area contributed by atoms with Gasteiger partial charge in [-0.3, -0.25) is 4.99 Å². The Bertz CT molecular complexity index is 679. The lowest BCUT2D eigenvalue weighted by atomic mass is 10.2. The summed E-state index contributed by atoms with van der Waals surface area (Å²) in [5.74, 6) is 1.06. The molecule has 150 valence electrons. The maximum absolute atomic E-state index is 12.8. The van der Waals surface area contributed by atoms with E-state index in [4.69, 9.17) is 16.3 Å². The molecule has 2 aliphatic rings. The fourth-order valence-corrected chi connectivity index (χ4v) is 3.58. The zero-order valence-corrected chi connectivity index (χ0v) is 15.8. The minimum absolute atomic E-state index is 0.00589. The van der Waals surface area contributed by atoms with E-state index in [9.17, 15) is 13.2 Å². The van der Waals surface area contributed by atoms with Crippen molar-refractivity contribution in [2.24, 2.45) is 4.99 Å². The Morgan fingerprint density at radius 3 is 2.89 bits per heavy atom. The van der Waals surface area contributed by atoms with Crippen molar-refractivity contribution in [1.82, 2.24) is 15.6 Å². The number of pyridine rings is 1. The number of alkyl halides is 3. The Kier molecular flexibility index (Phi) is 6.31. The molecule has 2 atom stereocenters. The number of nitrogens with zero attached hydrogens (tertiary/aromatic N) is 3. The quantitative estimate of drug-likeness (QED) is 0.595. The van der Waals surface area contributed by atoms with Crippen molar-refractivity contribution in [2.75, 3.05) is 38.2 Å². The van der Waals surface area contributed by atoms with E-state index in [0.29, 0.717) is 31.4 Å². The van der Waals surface area contributed by atoms with Crippen molar-refractivity contribution in [3.63, 3.8) is 0 Å². The third-order valence-corrected chi connectivity index (χ3v) is 5.00. The Morgan fingerprint density at radius 2 is 2.26 bits per heavy atom. The first-order valence-corrected chi connectivity index (χ1v) is 9.31. The molecule has 1 aromatic rings. The molecule has 0 spiro atoms. The molecule has 0 amide bonds. The van der Waals surface area contributed by atoms with Crippen molar-refractivity contribution in [2.45, 2.75) is 37.6 Å². The van der Waals surface area contributed by atoms with Gasteiger partial charge in [0.1, 0.15) is 5.82 Å². The predicted octanol–water partition coefficient (Wildman–Crippen LogP) is 2.68. The molecule has 0 bridgehead atoms. The van der Waals surface area contributed by atoms with Gasteiger partial charge in [0.05, 0.1) is 16.7 Å². The van der Waals surface area contributed by atoms with Crippen molar-refractivity contribution in [1.29, 1.82) is 0 Å². The highest BCUT2D eigenvalue weighted by atomic mass is 35.5. The van der Waals surface area contributed by atoms with Gasteiger partial charge < -0.3 is 20.3 Å². The van der Waals surface area contributed by atoms with E-state index in [1.807, 2.05) is 4.90 Å². The Hall–Kier alpha value is -1.74. The number of halogens is 4. The molecule has 2 saturated heterocycles. The molecular weight excluding hydrogens is 383 g/mol.